The molecule has 7 nitrogen and oxygen atoms in total. The molecule has 1 saturated heterocycles. The highest BCUT2D eigenvalue weighted by molar-refractivity contribution is 6.30. The highest BCUT2D eigenvalue weighted by Crippen LogP contribution is 2.47. The topological polar surface area (TPSA) is 87.7 Å². The van der Waals surface area contributed by atoms with E-state index in [4.69, 9.17) is 16.3 Å². The van der Waals surface area contributed by atoms with Crippen LogP contribution in [0, 0.1) is 5.82 Å². The van der Waals surface area contributed by atoms with Gasteiger partial charge in [0.2, 0.25) is 11.8 Å². The Morgan fingerprint density at radius 1 is 1.06 bits per heavy atom. The monoisotopic (exact) mass is 513 g/mol. The van der Waals surface area contributed by atoms with Crippen LogP contribution in [-0.4, -0.2) is 54.4 Å². The Morgan fingerprint density at radius 3 is 2.53 bits per heavy atom. The number of carbonyl (C=O) groups excluding carboxylic acids is 3. The fraction of sp³-hybridized carbons (Fsp3) is 0.444. The van der Waals surface area contributed by atoms with Gasteiger partial charge in [-0.25, -0.2) is 4.39 Å². The summed E-state index contributed by atoms with van der Waals surface area (Å²) in [6.07, 6.45) is 3.91. The van der Waals surface area contributed by atoms with Crippen LogP contribution in [0.5, 0.6) is 5.75 Å². The summed E-state index contributed by atoms with van der Waals surface area (Å²) in [5.74, 6) is -0.926. The Hall–Kier alpha value is -3.13. The van der Waals surface area contributed by atoms with Gasteiger partial charge in [-0.2, -0.15) is 0 Å². The average molecular weight is 514 g/mol. The van der Waals surface area contributed by atoms with E-state index in [1.54, 1.807) is 12.1 Å². The molecule has 1 saturated carbocycles. The van der Waals surface area contributed by atoms with Gasteiger partial charge in [0.1, 0.15) is 18.2 Å². The number of benzene rings is 2. The third-order valence-electron chi connectivity index (χ3n) is 7.66. The number of rotatable bonds is 2. The molecule has 3 amide bonds. The van der Waals surface area contributed by atoms with Crippen LogP contribution in [0.1, 0.15) is 54.4 Å². The van der Waals surface area contributed by atoms with Crippen molar-refractivity contribution in [2.45, 2.75) is 56.0 Å². The van der Waals surface area contributed by atoms with Crippen LogP contribution in [0.15, 0.2) is 42.5 Å². The predicted molar refractivity (Wildman–Crippen MR) is 132 cm³/mol. The molecule has 2 N–H and O–H groups in total. The van der Waals surface area contributed by atoms with Gasteiger partial charge >= 0.3 is 0 Å². The molecular weight excluding hydrogens is 485 g/mol. The molecule has 2 aliphatic heterocycles. The van der Waals surface area contributed by atoms with Crippen molar-refractivity contribution in [3.05, 3.63) is 64.4 Å². The van der Waals surface area contributed by atoms with E-state index in [9.17, 15) is 18.8 Å². The van der Waals surface area contributed by atoms with E-state index in [0.717, 1.165) is 30.9 Å². The van der Waals surface area contributed by atoms with Crippen LogP contribution in [0.4, 0.5) is 4.39 Å². The number of carbonyl (C=O) groups is 3. The van der Waals surface area contributed by atoms with Crippen molar-refractivity contribution < 1.29 is 23.5 Å². The first kappa shape index (κ1) is 24.6. The second kappa shape index (κ2) is 10.1. The molecule has 0 spiro atoms. The molecule has 2 aromatic rings. The van der Waals surface area contributed by atoms with Crippen molar-refractivity contribution >= 4 is 29.3 Å². The summed E-state index contributed by atoms with van der Waals surface area (Å²) in [6, 6.07) is 10.6. The van der Waals surface area contributed by atoms with Crippen LogP contribution in [0.25, 0.3) is 0 Å². The molecule has 2 heterocycles. The summed E-state index contributed by atoms with van der Waals surface area (Å²) in [5.41, 5.74) is 0.361. The summed E-state index contributed by atoms with van der Waals surface area (Å²) < 4.78 is 19.6. The molecule has 9 heteroatoms. The third kappa shape index (κ3) is 4.66. The van der Waals surface area contributed by atoms with Crippen molar-refractivity contribution in [3.8, 4) is 5.75 Å². The second-order valence-electron chi connectivity index (χ2n) is 9.79. The van der Waals surface area contributed by atoms with E-state index >= 15 is 0 Å². The summed E-state index contributed by atoms with van der Waals surface area (Å²) >= 11 is 6.10. The van der Waals surface area contributed by atoms with E-state index in [2.05, 4.69) is 10.6 Å². The summed E-state index contributed by atoms with van der Waals surface area (Å²) in [4.78, 5) is 41.8. The maximum absolute atomic E-state index is 14.2. The van der Waals surface area contributed by atoms with Crippen LogP contribution in [0.2, 0.25) is 5.02 Å². The lowest BCUT2D eigenvalue weighted by molar-refractivity contribution is -0.144. The molecular formula is C27H29ClFN3O4. The van der Waals surface area contributed by atoms with Gasteiger partial charge in [-0.15, -0.1) is 0 Å². The van der Waals surface area contributed by atoms with E-state index < -0.39 is 17.1 Å². The second-order valence-corrected chi connectivity index (χ2v) is 10.2. The van der Waals surface area contributed by atoms with Crippen molar-refractivity contribution in [3.63, 3.8) is 0 Å². The maximum atomic E-state index is 14.2. The van der Waals surface area contributed by atoms with E-state index in [0.29, 0.717) is 17.9 Å². The Balaban J connectivity index is 1.45. The van der Waals surface area contributed by atoms with Gasteiger partial charge in [0.05, 0.1) is 17.5 Å². The molecule has 1 aliphatic carbocycles. The average Bonchev–Trinajstić information content (AvgIpc) is 3.22. The number of nitrogens with one attached hydrogen (secondary N) is 2. The van der Waals surface area contributed by atoms with Crippen molar-refractivity contribution in [2.24, 2.45) is 0 Å². The number of nitrogens with zero attached hydrogens (tertiary/aromatic N) is 1. The van der Waals surface area contributed by atoms with Gasteiger partial charge in [0.25, 0.3) is 5.91 Å². The van der Waals surface area contributed by atoms with Crippen molar-refractivity contribution in [2.75, 3.05) is 19.7 Å². The lowest BCUT2D eigenvalue weighted by Gasteiger charge is -2.46. The zero-order valence-corrected chi connectivity index (χ0v) is 20.7. The van der Waals surface area contributed by atoms with Crippen LogP contribution < -0.4 is 15.4 Å². The van der Waals surface area contributed by atoms with Crippen molar-refractivity contribution in [1.29, 1.82) is 0 Å². The first-order chi connectivity index (χ1) is 17.4. The van der Waals surface area contributed by atoms with Gasteiger partial charge in [0, 0.05) is 30.1 Å². The number of hydrogen-bond acceptors (Lipinski definition) is 4. The maximum Gasteiger partial charge on any atom is 0.255 e. The minimum Gasteiger partial charge on any atom is -0.491 e. The SMILES string of the molecule is O=C1C[C@@H]2CC[C@H](CNC(=O)c3cc(F)ccc3OCCN1)N2C(=O)C1(c2ccc(Cl)cc2)CCC1. The summed E-state index contributed by atoms with van der Waals surface area (Å²) in [6.45, 7) is 0.568. The molecule has 2 bridgehead atoms. The normalized spacial score (nSPS) is 23.9. The van der Waals surface area contributed by atoms with E-state index in [1.807, 2.05) is 17.0 Å². The number of hydrogen-bond donors (Lipinski definition) is 2. The molecule has 190 valence electrons. The van der Waals surface area contributed by atoms with Crippen molar-refractivity contribution in [1.82, 2.24) is 15.5 Å². The molecule has 2 aromatic carbocycles. The molecule has 2 fully saturated rings. The Bertz CT molecular complexity index is 1170. The number of ether oxygens (including phenoxy) is 1. The van der Waals surface area contributed by atoms with E-state index in [1.165, 1.54) is 12.1 Å². The van der Waals surface area contributed by atoms with E-state index in [-0.39, 0.29) is 61.3 Å². The highest BCUT2D eigenvalue weighted by Gasteiger charge is 2.51. The summed E-state index contributed by atoms with van der Waals surface area (Å²) in [7, 11) is 0. The minimum absolute atomic E-state index is 0.00695. The van der Waals surface area contributed by atoms with Crippen LogP contribution in [-0.2, 0) is 15.0 Å². The Morgan fingerprint density at radius 2 is 1.81 bits per heavy atom. The fourth-order valence-electron chi connectivity index (χ4n) is 5.61. The predicted octanol–water partition coefficient (Wildman–Crippen LogP) is 3.59. The fourth-order valence-corrected chi connectivity index (χ4v) is 5.74. The molecule has 2 atom stereocenters. The number of halogens is 2. The third-order valence-corrected chi connectivity index (χ3v) is 7.91. The Labute approximate surface area is 214 Å². The molecule has 0 aromatic heterocycles. The number of fused-ring (bicyclic) bond motifs is 3. The zero-order valence-electron chi connectivity index (χ0n) is 19.9. The van der Waals surface area contributed by atoms with Gasteiger partial charge in [0.15, 0.2) is 0 Å². The lowest BCUT2D eigenvalue weighted by atomic mass is 9.63. The Kier molecular flexibility index (Phi) is 6.88. The smallest absolute Gasteiger partial charge is 0.255 e. The lowest BCUT2D eigenvalue weighted by Crippen LogP contribution is -2.57. The van der Waals surface area contributed by atoms with Gasteiger partial charge in [-0.3, -0.25) is 14.4 Å². The van der Waals surface area contributed by atoms with Gasteiger partial charge in [-0.1, -0.05) is 30.2 Å². The number of amides is 3. The standard InChI is InChI=1S/C27H29ClFN3O4/c28-18-4-2-17(3-5-18)27(10-1-11-27)26(35)32-20-7-8-21(32)16-31-25(34)22-14-19(29)6-9-23(22)36-13-12-30-24(33)15-20/h2-6,9,14,20-21H,1,7-8,10-13,15-16H2,(H,30,33)(H,31,34)/t20-,21+/m0/s1. The first-order valence-corrected chi connectivity index (χ1v) is 12.8. The molecule has 0 radical (unpaired) electrons. The first-order valence-electron chi connectivity index (χ1n) is 12.4. The van der Waals surface area contributed by atoms with Gasteiger partial charge in [-0.05, 0) is 61.6 Å². The largest absolute Gasteiger partial charge is 0.491 e. The zero-order chi connectivity index (χ0) is 25.3. The minimum atomic E-state index is -0.652. The molecule has 3 aliphatic rings. The molecule has 0 unspecified atom stereocenters. The molecule has 36 heavy (non-hydrogen) atoms. The quantitative estimate of drug-likeness (QED) is 0.642. The summed E-state index contributed by atoms with van der Waals surface area (Å²) in [5, 5.41) is 6.34. The molecule has 5 rings (SSSR count). The van der Waals surface area contributed by atoms with Crippen LogP contribution >= 0.6 is 11.6 Å². The highest BCUT2D eigenvalue weighted by atomic mass is 35.5. The van der Waals surface area contributed by atoms with Gasteiger partial charge < -0.3 is 20.3 Å². The van der Waals surface area contributed by atoms with Crippen LogP contribution in [0.3, 0.4) is 0 Å².